The number of hydrogen-bond acceptors (Lipinski definition) is 6. The third-order valence-corrected chi connectivity index (χ3v) is 10.5. The monoisotopic (exact) mass is 659 g/mol. The van der Waals surface area contributed by atoms with E-state index in [0.717, 1.165) is 25.7 Å². The normalized spacial score (nSPS) is 11.6. The third kappa shape index (κ3) is 32.8. The molecule has 45 heavy (non-hydrogen) atoms. The number of unbranched alkanes of at least 4 members (excludes halogenated alkanes) is 28. The van der Waals surface area contributed by atoms with Crippen LogP contribution < -0.4 is 0 Å². The summed E-state index contributed by atoms with van der Waals surface area (Å²) in [5, 5.41) is 9.31. The molecular formula is C38H75O6P. The number of carbonyl (C=O) groups excluding carboxylic acids is 2. The summed E-state index contributed by atoms with van der Waals surface area (Å²) in [6, 6.07) is 0. The Kier molecular flexibility index (Phi) is 33.8. The fraction of sp³-hybridized carbons (Fsp3) is 0.947. The highest BCUT2D eigenvalue weighted by molar-refractivity contribution is 7.54. The number of rotatable bonds is 36. The molecule has 0 rings (SSSR count). The Labute approximate surface area is 279 Å². The summed E-state index contributed by atoms with van der Waals surface area (Å²) in [5.74, 6) is -1.22. The highest BCUT2D eigenvalue weighted by Gasteiger charge is 2.31. The predicted molar refractivity (Wildman–Crippen MR) is 191 cm³/mol. The maximum Gasteiger partial charge on any atom is 0.437 e. The van der Waals surface area contributed by atoms with E-state index in [9.17, 15) is 19.3 Å². The summed E-state index contributed by atoms with van der Waals surface area (Å²) >= 11 is 0. The van der Waals surface area contributed by atoms with Crippen LogP contribution in [0, 0.1) is 0 Å². The van der Waals surface area contributed by atoms with E-state index in [2.05, 4.69) is 13.8 Å². The van der Waals surface area contributed by atoms with Gasteiger partial charge in [-0.2, -0.15) is 0 Å². The topological polar surface area (TPSA) is 89.9 Å². The van der Waals surface area contributed by atoms with E-state index in [4.69, 9.17) is 9.05 Å². The van der Waals surface area contributed by atoms with Crippen LogP contribution in [0.15, 0.2) is 0 Å². The highest BCUT2D eigenvalue weighted by Crippen LogP contribution is 2.48. The van der Waals surface area contributed by atoms with Crippen molar-refractivity contribution in [3.05, 3.63) is 0 Å². The van der Waals surface area contributed by atoms with E-state index in [1.807, 2.05) is 0 Å². The first-order chi connectivity index (χ1) is 22.0. The van der Waals surface area contributed by atoms with Crippen LogP contribution in [-0.2, 0) is 23.2 Å². The average Bonchev–Trinajstić information content (AvgIpc) is 3.01. The first-order valence-electron chi connectivity index (χ1n) is 19.6. The minimum atomic E-state index is -3.96. The molecule has 0 spiro atoms. The molecule has 0 bridgehead atoms. The molecular weight excluding hydrogens is 583 g/mol. The van der Waals surface area contributed by atoms with Gasteiger partial charge in [-0.3, -0.25) is 9.59 Å². The van der Waals surface area contributed by atoms with Crippen LogP contribution in [0.4, 0.5) is 0 Å². The fourth-order valence-electron chi connectivity index (χ4n) is 5.92. The zero-order valence-corrected chi connectivity index (χ0v) is 30.9. The largest absolute Gasteiger partial charge is 0.437 e. The fourth-order valence-corrected chi connectivity index (χ4v) is 7.18. The lowest BCUT2D eigenvalue weighted by molar-refractivity contribution is -0.138. The van der Waals surface area contributed by atoms with Crippen molar-refractivity contribution in [2.24, 2.45) is 0 Å². The van der Waals surface area contributed by atoms with Crippen molar-refractivity contribution in [2.75, 3.05) is 12.8 Å². The van der Waals surface area contributed by atoms with Crippen molar-refractivity contribution < 1.29 is 28.3 Å². The van der Waals surface area contributed by atoms with Crippen LogP contribution in [-0.4, -0.2) is 29.8 Å². The van der Waals surface area contributed by atoms with Crippen molar-refractivity contribution >= 4 is 19.5 Å². The van der Waals surface area contributed by atoms with E-state index < -0.39 is 26.1 Å². The molecule has 1 N–H and O–H groups in total. The van der Waals surface area contributed by atoms with E-state index in [1.54, 1.807) is 0 Å². The molecule has 0 saturated heterocycles. The molecule has 0 atom stereocenters. The second kappa shape index (κ2) is 34.5. The molecule has 6 nitrogen and oxygen atoms in total. The van der Waals surface area contributed by atoms with Gasteiger partial charge in [-0.05, 0) is 12.8 Å². The van der Waals surface area contributed by atoms with E-state index in [0.29, 0.717) is 12.8 Å². The summed E-state index contributed by atoms with van der Waals surface area (Å²) in [6.07, 6.45) is 37.2. The summed E-state index contributed by atoms with van der Waals surface area (Å²) in [6.45, 7) is 4.06. The van der Waals surface area contributed by atoms with Crippen LogP contribution in [0.1, 0.15) is 219 Å². The van der Waals surface area contributed by atoms with Gasteiger partial charge < -0.3 is 14.2 Å². The van der Waals surface area contributed by atoms with Gasteiger partial charge in [0.05, 0.1) is 12.8 Å². The van der Waals surface area contributed by atoms with Gasteiger partial charge in [0.2, 0.25) is 0 Å². The maximum absolute atomic E-state index is 12.9. The van der Waals surface area contributed by atoms with Gasteiger partial charge in [0.15, 0.2) is 0 Å². The summed E-state index contributed by atoms with van der Waals surface area (Å²) in [5.41, 5.74) is 0. The standard InChI is InChI=1S/C38H75O6P/c1-3-5-7-9-11-13-15-17-19-21-23-25-27-29-31-33-37(40)43-45(42,36-35-39)44-38(41)34-32-30-28-26-24-22-20-18-16-14-12-10-8-6-4-2/h39H,3-36H2,1-2H3. The van der Waals surface area contributed by atoms with Crippen molar-refractivity contribution in [3.63, 3.8) is 0 Å². The van der Waals surface area contributed by atoms with Gasteiger partial charge in [0.25, 0.3) is 0 Å². The molecule has 268 valence electrons. The van der Waals surface area contributed by atoms with Gasteiger partial charge in [-0.15, -0.1) is 0 Å². The molecule has 0 aromatic rings. The number of hydrogen-bond donors (Lipinski definition) is 1. The van der Waals surface area contributed by atoms with Gasteiger partial charge in [0, 0.05) is 12.8 Å². The lowest BCUT2D eigenvalue weighted by atomic mass is 10.0. The molecule has 0 aliphatic rings. The third-order valence-electron chi connectivity index (χ3n) is 8.82. The molecule has 0 aromatic heterocycles. The van der Waals surface area contributed by atoms with E-state index >= 15 is 0 Å². The van der Waals surface area contributed by atoms with E-state index in [-0.39, 0.29) is 19.0 Å². The van der Waals surface area contributed by atoms with Crippen molar-refractivity contribution in [3.8, 4) is 0 Å². The van der Waals surface area contributed by atoms with Crippen LogP contribution >= 0.6 is 7.60 Å². The molecule has 0 saturated carbocycles. The zero-order chi connectivity index (χ0) is 33.1. The zero-order valence-electron chi connectivity index (χ0n) is 30.0. The molecule has 0 heterocycles. The van der Waals surface area contributed by atoms with Gasteiger partial charge in [-0.25, -0.2) is 4.57 Å². The minimum absolute atomic E-state index is 0.157. The molecule has 0 fully saturated rings. The van der Waals surface area contributed by atoms with Gasteiger partial charge >= 0.3 is 19.5 Å². The Morgan fingerprint density at radius 2 is 0.644 bits per heavy atom. The second-order valence-electron chi connectivity index (χ2n) is 13.4. The molecule has 0 aliphatic heterocycles. The molecule has 7 heteroatoms. The lowest BCUT2D eigenvalue weighted by Crippen LogP contribution is -2.12. The molecule has 0 unspecified atom stereocenters. The Bertz CT molecular complexity index is 646. The molecule has 0 radical (unpaired) electrons. The Morgan fingerprint density at radius 3 is 0.867 bits per heavy atom. The van der Waals surface area contributed by atoms with Crippen molar-refractivity contribution in [2.45, 2.75) is 219 Å². The van der Waals surface area contributed by atoms with Crippen LogP contribution in [0.2, 0.25) is 0 Å². The lowest BCUT2D eigenvalue weighted by Gasteiger charge is -2.17. The SMILES string of the molecule is CCCCCCCCCCCCCCCCCC(=O)OP(=O)(CCO)OC(=O)CCCCCCCCCCCCCCCCC. The van der Waals surface area contributed by atoms with Crippen molar-refractivity contribution in [1.82, 2.24) is 0 Å². The Morgan fingerprint density at radius 1 is 0.422 bits per heavy atom. The average molecular weight is 659 g/mol. The molecule has 0 aliphatic carbocycles. The van der Waals surface area contributed by atoms with Gasteiger partial charge in [0.1, 0.15) is 0 Å². The first kappa shape index (κ1) is 44.1. The molecule has 0 amide bonds. The highest BCUT2D eigenvalue weighted by atomic mass is 31.2. The quantitative estimate of drug-likeness (QED) is 0.0532. The number of aliphatic hydroxyl groups is 1. The summed E-state index contributed by atoms with van der Waals surface area (Å²) in [7, 11) is -3.96. The number of carbonyl (C=O) groups is 2. The summed E-state index contributed by atoms with van der Waals surface area (Å²) in [4.78, 5) is 24.6. The van der Waals surface area contributed by atoms with Gasteiger partial charge in [-0.1, -0.05) is 194 Å². The maximum atomic E-state index is 12.9. The van der Waals surface area contributed by atoms with Crippen LogP contribution in [0.5, 0.6) is 0 Å². The predicted octanol–water partition coefficient (Wildman–Crippen LogP) is 12.8. The van der Waals surface area contributed by atoms with Crippen LogP contribution in [0.3, 0.4) is 0 Å². The first-order valence-corrected chi connectivity index (χ1v) is 21.3. The Hall–Kier alpha value is -0.870. The number of aliphatic hydroxyl groups excluding tert-OH is 1. The molecule has 0 aromatic carbocycles. The van der Waals surface area contributed by atoms with Crippen LogP contribution in [0.25, 0.3) is 0 Å². The van der Waals surface area contributed by atoms with Crippen molar-refractivity contribution in [1.29, 1.82) is 0 Å². The smallest absolute Gasteiger partial charge is 0.396 e. The Balaban J connectivity index is 3.75. The minimum Gasteiger partial charge on any atom is -0.396 e. The second-order valence-corrected chi connectivity index (χ2v) is 15.4. The summed E-state index contributed by atoms with van der Waals surface area (Å²) < 4.78 is 23.1. The van der Waals surface area contributed by atoms with E-state index in [1.165, 1.54) is 154 Å².